The lowest BCUT2D eigenvalue weighted by Crippen LogP contribution is -2.53. The summed E-state index contributed by atoms with van der Waals surface area (Å²) in [5.41, 5.74) is 1.29. The van der Waals surface area contributed by atoms with Crippen molar-refractivity contribution in [2.45, 2.75) is 42.2 Å². The average molecular weight is 417 g/mol. The summed E-state index contributed by atoms with van der Waals surface area (Å²) in [6.07, 6.45) is 6.12. The fraction of sp³-hybridized carbons (Fsp3) is 0.435. The molecule has 6 heteroatoms. The van der Waals surface area contributed by atoms with Gasteiger partial charge in [-0.15, -0.1) is 11.8 Å². The van der Waals surface area contributed by atoms with E-state index in [9.17, 15) is 9.18 Å². The second-order valence-electron chi connectivity index (χ2n) is 7.71. The van der Waals surface area contributed by atoms with Crippen molar-refractivity contribution in [1.29, 1.82) is 0 Å². The summed E-state index contributed by atoms with van der Waals surface area (Å²) in [6.45, 7) is 0. The van der Waals surface area contributed by atoms with Crippen LogP contribution in [0.3, 0.4) is 0 Å². The molecule has 0 saturated heterocycles. The van der Waals surface area contributed by atoms with Crippen molar-refractivity contribution >= 4 is 17.7 Å². The molecule has 0 heterocycles. The van der Waals surface area contributed by atoms with E-state index in [1.165, 1.54) is 31.0 Å². The molecule has 1 aliphatic carbocycles. The molecule has 1 fully saturated rings. The van der Waals surface area contributed by atoms with Gasteiger partial charge in [-0.05, 0) is 44.8 Å². The van der Waals surface area contributed by atoms with E-state index in [4.69, 9.17) is 4.74 Å². The highest BCUT2D eigenvalue weighted by Gasteiger charge is 2.45. The highest BCUT2D eigenvalue weighted by Crippen LogP contribution is 2.44. The van der Waals surface area contributed by atoms with E-state index in [2.05, 4.69) is 36.4 Å². The highest BCUT2D eigenvalue weighted by molar-refractivity contribution is 7.98. The Balaban J connectivity index is 2.05. The zero-order chi connectivity index (χ0) is 21.0. The number of hydrogen-bond acceptors (Lipinski definition) is 4. The summed E-state index contributed by atoms with van der Waals surface area (Å²) in [7, 11) is 5.63. The van der Waals surface area contributed by atoms with Gasteiger partial charge in [0.1, 0.15) is 11.6 Å². The van der Waals surface area contributed by atoms with Gasteiger partial charge in [0.15, 0.2) is 0 Å². The van der Waals surface area contributed by atoms with Crippen LogP contribution >= 0.6 is 11.8 Å². The van der Waals surface area contributed by atoms with Crippen molar-refractivity contribution in [2.24, 2.45) is 0 Å². The predicted molar refractivity (Wildman–Crippen MR) is 116 cm³/mol. The fourth-order valence-electron chi connectivity index (χ4n) is 4.46. The van der Waals surface area contributed by atoms with Gasteiger partial charge in [-0.2, -0.15) is 0 Å². The van der Waals surface area contributed by atoms with Crippen molar-refractivity contribution in [3.05, 3.63) is 59.4 Å². The van der Waals surface area contributed by atoms with Gasteiger partial charge in [0.2, 0.25) is 0 Å². The standard InChI is InChI=1S/C23H29FN2O2S/c1-26(2)23(12-8-9-13-23)21(16-10-6-5-7-11-16)25-22(27)20-18(28-3)14-17(24)15-19(20)29-4/h5-7,10-11,14-15,21H,8-9,12-13H2,1-4H3,(H,25,27). The van der Waals surface area contributed by atoms with Crippen LogP contribution in [0.5, 0.6) is 5.75 Å². The molecule has 0 bridgehead atoms. The van der Waals surface area contributed by atoms with Crippen LogP contribution in [-0.4, -0.2) is 43.8 Å². The van der Waals surface area contributed by atoms with Crippen LogP contribution in [0.4, 0.5) is 4.39 Å². The number of hydrogen-bond donors (Lipinski definition) is 1. The lowest BCUT2D eigenvalue weighted by Gasteiger charge is -2.44. The zero-order valence-corrected chi connectivity index (χ0v) is 18.3. The van der Waals surface area contributed by atoms with Crippen LogP contribution in [0, 0.1) is 5.82 Å². The topological polar surface area (TPSA) is 41.6 Å². The minimum Gasteiger partial charge on any atom is -0.496 e. The van der Waals surface area contributed by atoms with Crippen LogP contribution in [0.2, 0.25) is 0 Å². The highest BCUT2D eigenvalue weighted by atomic mass is 32.2. The van der Waals surface area contributed by atoms with Crippen LogP contribution in [0.15, 0.2) is 47.4 Å². The quantitative estimate of drug-likeness (QED) is 0.652. The van der Waals surface area contributed by atoms with Crippen LogP contribution < -0.4 is 10.1 Å². The van der Waals surface area contributed by atoms with E-state index in [1.54, 1.807) is 0 Å². The number of halogens is 1. The van der Waals surface area contributed by atoms with Gasteiger partial charge in [0, 0.05) is 16.5 Å². The third-order valence-electron chi connectivity index (χ3n) is 6.00. The van der Waals surface area contributed by atoms with E-state index in [-0.39, 0.29) is 23.2 Å². The first-order valence-corrected chi connectivity index (χ1v) is 11.1. The number of ether oxygens (including phenoxy) is 1. The number of carbonyl (C=O) groups excluding carboxylic acids is 1. The minimum absolute atomic E-state index is 0.163. The molecule has 0 aliphatic heterocycles. The van der Waals surface area contributed by atoms with Crippen LogP contribution in [0.25, 0.3) is 0 Å². The van der Waals surface area contributed by atoms with Crippen molar-refractivity contribution in [2.75, 3.05) is 27.5 Å². The number of benzene rings is 2. The summed E-state index contributed by atoms with van der Waals surface area (Å²) in [5.74, 6) is -0.403. The molecule has 0 radical (unpaired) electrons. The first kappa shape index (κ1) is 21.7. The Bertz CT molecular complexity index is 826. The van der Waals surface area contributed by atoms with Gasteiger partial charge < -0.3 is 15.0 Å². The number of rotatable bonds is 7. The Morgan fingerprint density at radius 3 is 2.41 bits per heavy atom. The molecule has 0 spiro atoms. The average Bonchev–Trinajstić information content (AvgIpc) is 3.22. The van der Waals surface area contributed by atoms with Gasteiger partial charge >= 0.3 is 0 Å². The van der Waals surface area contributed by atoms with E-state index in [0.29, 0.717) is 10.5 Å². The molecule has 1 unspecified atom stereocenters. The summed E-state index contributed by atoms with van der Waals surface area (Å²) >= 11 is 1.34. The number of nitrogens with zero attached hydrogens (tertiary/aromatic N) is 1. The molecule has 1 aliphatic rings. The molecule has 4 nitrogen and oxygen atoms in total. The molecule has 1 saturated carbocycles. The molecule has 1 atom stereocenters. The lowest BCUT2D eigenvalue weighted by atomic mass is 9.82. The molecule has 0 aromatic heterocycles. The molecule has 156 valence electrons. The molecule has 2 aromatic rings. The number of thioether (sulfide) groups is 1. The van der Waals surface area contributed by atoms with Crippen LogP contribution in [-0.2, 0) is 0 Å². The second-order valence-corrected chi connectivity index (χ2v) is 8.56. The summed E-state index contributed by atoms with van der Waals surface area (Å²) < 4.78 is 19.3. The van der Waals surface area contributed by atoms with Gasteiger partial charge in [0.05, 0.1) is 18.7 Å². The first-order valence-electron chi connectivity index (χ1n) is 9.87. The smallest absolute Gasteiger partial charge is 0.256 e. The fourth-order valence-corrected chi connectivity index (χ4v) is 5.09. The maximum Gasteiger partial charge on any atom is 0.256 e. The summed E-state index contributed by atoms with van der Waals surface area (Å²) in [6, 6.07) is 12.6. The van der Waals surface area contributed by atoms with Crippen molar-refractivity contribution in [3.8, 4) is 5.75 Å². The van der Waals surface area contributed by atoms with Gasteiger partial charge in [-0.3, -0.25) is 4.79 Å². The molecular weight excluding hydrogens is 387 g/mol. The number of methoxy groups -OCH3 is 1. The zero-order valence-electron chi connectivity index (χ0n) is 17.5. The Labute approximate surface area is 176 Å². The Kier molecular flexibility index (Phi) is 6.85. The Hall–Kier alpha value is -2.05. The third kappa shape index (κ3) is 4.28. The van der Waals surface area contributed by atoms with Gasteiger partial charge in [-0.1, -0.05) is 43.2 Å². The monoisotopic (exact) mass is 416 g/mol. The van der Waals surface area contributed by atoms with Crippen molar-refractivity contribution < 1.29 is 13.9 Å². The molecule has 1 N–H and O–H groups in total. The number of likely N-dealkylation sites (N-methyl/N-ethyl adjacent to an activating group) is 1. The first-order chi connectivity index (χ1) is 13.9. The lowest BCUT2D eigenvalue weighted by molar-refractivity contribution is 0.0761. The number of amides is 1. The number of nitrogens with one attached hydrogen (secondary N) is 1. The Morgan fingerprint density at radius 2 is 1.86 bits per heavy atom. The summed E-state index contributed by atoms with van der Waals surface area (Å²) in [5, 5.41) is 3.29. The molecule has 2 aromatic carbocycles. The molecule has 1 amide bonds. The van der Waals surface area contributed by atoms with Crippen molar-refractivity contribution in [3.63, 3.8) is 0 Å². The number of carbonyl (C=O) groups is 1. The molecular formula is C23H29FN2O2S. The minimum atomic E-state index is -0.414. The normalized spacial score (nSPS) is 16.6. The van der Waals surface area contributed by atoms with Crippen LogP contribution in [0.1, 0.15) is 47.6 Å². The second kappa shape index (κ2) is 9.18. The van der Waals surface area contributed by atoms with Gasteiger partial charge in [-0.25, -0.2) is 4.39 Å². The Morgan fingerprint density at radius 1 is 1.21 bits per heavy atom. The van der Waals surface area contributed by atoms with Crippen molar-refractivity contribution in [1.82, 2.24) is 10.2 Å². The maximum atomic E-state index is 14.0. The summed E-state index contributed by atoms with van der Waals surface area (Å²) in [4.78, 5) is 16.3. The van der Waals surface area contributed by atoms with E-state index < -0.39 is 5.82 Å². The predicted octanol–water partition coefficient (Wildman–Crippen LogP) is 4.90. The van der Waals surface area contributed by atoms with E-state index in [0.717, 1.165) is 31.2 Å². The van der Waals surface area contributed by atoms with Gasteiger partial charge in [0.25, 0.3) is 5.91 Å². The SMILES string of the molecule is COc1cc(F)cc(SC)c1C(=O)NC(c1ccccc1)C1(N(C)C)CCCC1. The molecule has 3 rings (SSSR count). The largest absolute Gasteiger partial charge is 0.496 e. The molecule has 29 heavy (non-hydrogen) atoms. The van der Waals surface area contributed by atoms with E-state index in [1.807, 2.05) is 24.5 Å². The third-order valence-corrected chi connectivity index (χ3v) is 6.77. The van der Waals surface area contributed by atoms with E-state index >= 15 is 0 Å². The maximum absolute atomic E-state index is 14.0.